The van der Waals surface area contributed by atoms with Gasteiger partial charge < -0.3 is 5.11 Å². The molecule has 0 unspecified atom stereocenters. The lowest BCUT2D eigenvalue weighted by Gasteiger charge is -2.08. The zero-order valence-corrected chi connectivity index (χ0v) is 19.1. The molecule has 2 aromatic carbocycles. The first-order valence-corrected chi connectivity index (χ1v) is 10.9. The third-order valence-electron chi connectivity index (χ3n) is 6.05. The van der Waals surface area contributed by atoms with Crippen LogP contribution in [0, 0.1) is 20.8 Å². The van der Waals surface area contributed by atoms with Gasteiger partial charge in [-0.2, -0.15) is 5.10 Å². The van der Waals surface area contributed by atoms with Gasteiger partial charge in [-0.1, -0.05) is 23.7 Å². The van der Waals surface area contributed by atoms with E-state index in [9.17, 15) is 14.7 Å². The van der Waals surface area contributed by atoms with Crippen molar-refractivity contribution in [1.82, 2.24) is 19.3 Å². The number of nitrogens with zero attached hydrogens (tertiary/aromatic N) is 4. The molecule has 0 atom stereocenters. The molecule has 1 aliphatic rings. The zero-order chi connectivity index (χ0) is 23.4. The van der Waals surface area contributed by atoms with Crippen molar-refractivity contribution in [2.75, 3.05) is 0 Å². The fourth-order valence-electron chi connectivity index (χ4n) is 4.24. The van der Waals surface area contributed by atoms with Crippen LogP contribution in [0.1, 0.15) is 45.0 Å². The Morgan fingerprint density at radius 3 is 2.70 bits per heavy atom. The molecule has 3 heterocycles. The highest BCUT2D eigenvalue weighted by Crippen LogP contribution is 2.32. The van der Waals surface area contributed by atoms with Crippen LogP contribution < -0.4 is 5.56 Å². The minimum absolute atomic E-state index is 0.0940. The monoisotopic (exact) mass is 460 g/mol. The summed E-state index contributed by atoms with van der Waals surface area (Å²) in [6.45, 7) is 6.44. The van der Waals surface area contributed by atoms with E-state index in [4.69, 9.17) is 11.6 Å². The maximum Gasteiger partial charge on any atom is 0.335 e. The lowest BCUT2D eigenvalue weighted by Crippen LogP contribution is -2.21. The number of carboxylic acids is 1. The summed E-state index contributed by atoms with van der Waals surface area (Å²) in [4.78, 5) is 29.0. The molecule has 0 aliphatic carbocycles. The molecule has 2 aromatic heterocycles. The van der Waals surface area contributed by atoms with Crippen LogP contribution in [0.4, 0.5) is 0 Å². The van der Waals surface area contributed by atoms with Crippen LogP contribution in [0.3, 0.4) is 0 Å². The number of aromatic carboxylic acids is 1. The summed E-state index contributed by atoms with van der Waals surface area (Å²) in [7, 11) is 0. The number of allylic oxidation sites excluding steroid dienone is 1. The quantitative estimate of drug-likeness (QED) is 0.474. The Morgan fingerprint density at radius 2 is 1.94 bits per heavy atom. The average molecular weight is 461 g/mol. The molecule has 0 saturated heterocycles. The lowest BCUT2D eigenvalue weighted by atomic mass is 10.1. The Kier molecular flexibility index (Phi) is 4.94. The summed E-state index contributed by atoms with van der Waals surface area (Å²) in [5.41, 5.74) is 5.78. The summed E-state index contributed by atoms with van der Waals surface area (Å²) in [6, 6.07) is 10.5. The number of rotatable bonds is 3. The second-order valence-electron chi connectivity index (χ2n) is 8.34. The molecular formula is C25H21ClN4O3. The molecule has 8 heteroatoms. The van der Waals surface area contributed by atoms with Crippen LogP contribution >= 0.6 is 11.6 Å². The number of carboxylic acid groups (broad SMARTS) is 1. The summed E-state index contributed by atoms with van der Waals surface area (Å²) in [5.74, 6) is -0.527. The van der Waals surface area contributed by atoms with E-state index < -0.39 is 5.97 Å². The fraction of sp³-hybridized carbons (Fsp3) is 0.200. The highest BCUT2D eigenvalue weighted by Gasteiger charge is 2.23. The minimum Gasteiger partial charge on any atom is -0.478 e. The number of benzene rings is 2. The predicted octanol–water partition coefficient (Wildman–Crippen LogP) is 4.80. The van der Waals surface area contributed by atoms with Crippen molar-refractivity contribution in [3.05, 3.63) is 85.7 Å². The first-order chi connectivity index (χ1) is 15.7. The van der Waals surface area contributed by atoms with Crippen molar-refractivity contribution in [3.8, 4) is 5.69 Å². The summed E-state index contributed by atoms with van der Waals surface area (Å²) in [5, 5.41) is 14.9. The molecule has 0 fully saturated rings. The predicted molar refractivity (Wildman–Crippen MR) is 128 cm³/mol. The molecule has 33 heavy (non-hydrogen) atoms. The van der Waals surface area contributed by atoms with Crippen LogP contribution in [0.15, 0.2) is 41.2 Å². The first-order valence-electron chi connectivity index (χ1n) is 10.6. The zero-order valence-electron chi connectivity index (χ0n) is 18.4. The fourth-order valence-corrected chi connectivity index (χ4v) is 4.56. The minimum atomic E-state index is -1.06. The molecular weight excluding hydrogens is 440 g/mol. The van der Waals surface area contributed by atoms with Gasteiger partial charge in [0.05, 0.1) is 27.8 Å². The van der Waals surface area contributed by atoms with Crippen LogP contribution in [0.2, 0.25) is 5.15 Å². The number of hydrogen-bond donors (Lipinski definition) is 1. The Bertz CT molecular complexity index is 1560. The summed E-state index contributed by atoms with van der Waals surface area (Å²) >= 11 is 6.78. The van der Waals surface area contributed by atoms with E-state index in [1.165, 1.54) is 18.2 Å². The van der Waals surface area contributed by atoms with E-state index in [2.05, 4.69) is 10.1 Å². The van der Waals surface area contributed by atoms with Gasteiger partial charge in [-0.3, -0.25) is 9.36 Å². The van der Waals surface area contributed by atoms with Gasteiger partial charge in [0.2, 0.25) is 0 Å². The Morgan fingerprint density at radius 1 is 1.15 bits per heavy atom. The molecule has 5 rings (SSSR count). The molecule has 0 saturated carbocycles. The number of carbonyl (C=O) groups is 1. The van der Waals surface area contributed by atoms with Crippen molar-refractivity contribution in [1.29, 1.82) is 0 Å². The molecule has 1 N–H and O–H groups in total. The van der Waals surface area contributed by atoms with E-state index in [0.717, 1.165) is 33.6 Å². The molecule has 0 amide bonds. The van der Waals surface area contributed by atoms with Gasteiger partial charge in [0.25, 0.3) is 5.56 Å². The van der Waals surface area contributed by atoms with Gasteiger partial charge in [0, 0.05) is 12.1 Å². The maximum atomic E-state index is 13.0. The molecule has 1 aliphatic heterocycles. The Labute approximate surface area is 194 Å². The summed E-state index contributed by atoms with van der Waals surface area (Å²) in [6.07, 6.45) is 2.55. The molecule has 0 bridgehead atoms. The largest absolute Gasteiger partial charge is 0.478 e. The standard InChI is InChI=1S/C25H21ClN4O3/c1-13-4-5-14(2)21(10-13)30-22(26)19(15(3)28-30)11-16-8-9-29-23(16)27-20-12-17(25(32)33)6-7-18(20)24(29)31/h4-7,10-12H,8-9H2,1-3H3,(H,32,33)/b16-11+. The van der Waals surface area contributed by atoms with Crippen molar-refractivity contribution in [2.24, 2.45) is 0 Å². The van der Waals surface area contributed by atoms with Gasteiger partial charge in [-0.25, -0.2) is 14.5 Å². The average Bonchev–Trinajstić information content (AvgIpc) is 3.31. The van der Waals surface area contributed by atoms with Gasteiger partial charge in [-0.15, -0.1) is 0 Å². The van der Waals surface area contributed by atoms with Crippen molar-refractivity contribution < 1.29 is 9.90 Å². The van der Waals surface area contributed by atoms with E-state index in [1.807, 2.05) is 45.0 Å². The van der Waals surface area contributed by atoms with E-state index in [-0.39, 0.29) is 11.1 Å². The number of fused-ring (bicyclic) bond motifs is 2. The van der Waals surface area contributed by atoms with Gasteiger partial charge in [-0.05, 0) is 74.2 Å². The second-order valence-corrected chi connectivity index (χ2v) is 8.70. The molecule has 166 valence electrons. The molecule has 7 nitrogen and oxygen atoms in total. The highest BCUT2D eigenvalue weighted by molar-refractivity contribution is 6.31. The Balaban J connectivity index is 1.65. The van der Waals surface area contributed by atoms with Crippen LogP contribution in [-0.2, 0) is 6.54 Å². The Hall–Kier alpha value is -3.71. The van der Waals surface area contributed by atoms with Crippen LogP contribution in [0.25, 0.3) is 28.2 Å². The number of aromatic nitrogens is 4. The maximum absolute atomic E-state index is 13.0. The normalized spacial score (nSPS) is 14.2. The number of aryl methyl sites for hydroxylation is 3. The van der Waals surface area contributed by atoms with E-state index >= 15 is 0 Å². The SMILES string of the molecule is Cc1ccc(C)c(-n2nc(C)c(/C=C3\CCn4c3nc3cc(C(=O)O)ccc3c4=O)c2Cl)c1. The molecule has 4 aromatic rings. The van der Waals surface area contributed by atoms with Crippen molar-refractivity contribution >= 4 is 40.1 Å². The number of hydrogen-bond acceptors (Lipinski definition) is 4. The van der Waals surface area contributed by atoms with Gasteiger partial charge in [0.1, 0.15) is 11.0 Å². The summed E-state index contributed by atoms with van der Waals surface area (Å²) < 4.78 is 3.37. The van der Waals surface area contributed by atoms with Gasteiger partial charge in [0.15, 0.2) is 0 Å². The molecule has 0 spiro atoms. The first kappa shape index (κ1) is 21.2. The third kappa shape index (κ3) is 3.45. The van der Waals surface area contributed by atoms with Gasteiger partial charge >= 0.3 is 5.97 Å². The van der Waals surface area contributed by atoms with Crippen molar-refractivity contribution in [3.63, 3.8) is 0 Å². The molecule has 0 radical (unpaired) electrons. The smallest absolute Gasteiger partial charge is 0.335 e. The van der Waals surface area contributed by atoms with Crippen molar-refractivity contribution in [2.45, 2.75) is 33.7 Å². The lowest BCUT2D eigenvalue weighted by molar-refractivity contribution is 0.0697. The van der Waals surface area contributed by atoms with Crippen LogP contribution in [0.5, 0.6) is 0 Å². The highest BCUT2D eigenvalue weighted by atomic mass is 35.5. The number of halogens is 1. The third-order valence-corrected chi connectivity index (χ3v) is 6.42. The van der Waals surface area contributed by atoms with E-state index in [1.54, 1.807) is 9.25 Å². The topological polar surface area (TPSA) is 90.0 Å². The van der Waals surface area contributed by atoms with E-state index in [0.29, 0.717) is 34.8 Å². The second kappa shape index (κ2) is 7.71. The van der Waals surface area contributed by atoms with Crippen LogP contribution in [-0.4, -0.2) is 30.4 Å².